The maximum atomic E-state index is 12.0. The second kappa shape index (κ2) is 5.88. The van der Waals surface area contributed by atoms with Crippen molar-refractivity contribution in [3.05, 3.63) is 42.6 Å². The Labute approximate surface area is 139 Å². The van der Waals surface area contributed by atoms with Crippen molar-refractivity contribution in [2.45, 2.75) is 12.8 Å². The average molecular weight is 319 g/mol. The van der Waals surface area contributed by atoms with E-state index in [4.69, 9.17) is 0 Å². The zero-order chi connectivity index (χ0) is 16.5. The number of hydrogen-bond acceptors (Lipinski definition) is 5. The number of benzene rings is 1. The largest absolute Gasteiger partial charge is 0.371 e. The molecular weight excluding hydrogens is 302 g/mol. The van der Waals surface area contributed by atoms with Gasteiger partial charge in [0.25, 0.3) is 0 Å². The van der Waals surface area contributed by atoms with Crippen LogP contribution in [0.25, 0.3) is 22.0 Å². The molecule has 0 aliphatic heterocycles. The van der Waals surface area contributed by atoms with Crippen LogP contribution in [0, 0.1) is 5.92 Å². The molecule has 1 aliphatic rings. The highest BCUT2D eigenvalue weighted by Gasteiger charge is 2.30. The molecule has 120 valence electrons. The van der Waals surface area contributed by atoms with Gasteiger partial charge in [0, 0.05) is 30.1 Å². The summed E-state index contributed by atoms with van der Waals surface area (Å²) in [6.07, 6.45) is 3.73. The van der Waals surface area contributed by atoms with Crippen LogP contribution in [-0.4, -0.2) is 28.1 Å². The van der Waals surface area contributed by atoms with E-state index in [2.05, 4.69) is 25.8 Å². The molecule has 6 nitrogen and oxygen atoms in total. The Morgan fingerprint density at radius 2 is 1.96 bits per heavy atom. The molecule has 24 heavy (non-hydrogen) atoms. The lowest BCUT2D eigenvalue weighted by atomic mass is 10.0. The zero-order valence-corrected chi connectivity index (χ0v) is 13.3. The number of carbonyl (C=O) groups is 1. The number of nitrogens with one attached hydrogen (secondary N) is 2. The maximum absolute atomic E-state index is 12.0. The van der Waals surface area contributed by atoms with Crippen molar-refractivity contribution in [3.8, 4) is 11.1 Å². The first-order valence-electron chi connectivity index (χ1n) is 7.97. The van der Waals surface area contributed by atoms with Gasteiger partial charge in [-0.3, -0.25) is 4.79 Å². The number of hydrogen-bond donors (Lipinski definition) is 2. The summed E-state index contributed by atoms with van der Waals surface area (Å²) in [5.41, 5.74) is 2.69. The van der Waals surface area contributed by atoms with Gasteiger partial charge in [0.05, 0.1) is 0 Å². The van der Waals surface area contributed by atoms with E-state index in [1.807, 2.05) is 42.6 Å². The zero-order valence-electron chi connectivity index (χ0n) is 13.3. The van der Waals surface area contributed by atoms with Crippen molar-refractivity contribution >= 4 is 28.4 Å². The molecule has 1 amide bonds. The van der Waals surface area contributed by atoms with Crippen LogP contribution in [-0.2, 0) is 4.79 Å². The Kier molecular flexibility index (Phi) is 3.57. The normalized spacial score (nSPS) is 13.7. The molecule has 0 bridgehead atoms. The maximum Gasteiger partial charge on any atom is 0.228 e. The van der Waals surface area contributed by atoms with E-state index >= 15 is 0 Å². The number of anilines is 2. The van der Waals surface area contributed by atoms with Gasteiger partial charge in [0.1, 0.15) is 5.52 Å². The van der Waals surface area contributed by atoms with Crippen molar-refractivity contribution in [1.82, 2.24) is 15.2 Å². The molecule has 2 N–H and O–H groups in total. The lowest BCUT2D eigenvalue weighted by molar-refractivity contribution is -0.117. The predicted octanol–water partition coefficient (Wildman–Crippen LogP) is 3.08. The van der Waals surface area contributed by atoms with Crippen LogP contribution in [0.2, 0.25) is 0 Å². The molecule has 0 radical (unpaired) electrons. The summed E-state index contributed by atoms with van der Waals surface area (Å²) in [7, 11) is 1.80. The molecular formula is C18H17N5O. The van der Waals surface area contributed by atoms with E-state index in [0.717, 1.165) is 29.4 Å². The molecule has 0 spiro atoms. The van der Waals surface area contributed by atoms with Gasteiger partial charge in [0.2, 0.25) is 5.91 Å². The highest BCUT2D eigenvalue weighted by atomic mass is 16.2. The standard InChI is InChI=1S/C18H17N5O/c1-19-17-16-13(14(10-20-17)11-5-3-2-4-6-11)9-15(22-23-16)21-18(24)12-7-8-12/h2-6,9-10,12H,7-8H2,1H3,(H,19,20)(H,21,22,24). The van der Waals surface area contributed by atoms with Crippen LogP contribution in [0.3, 0.4) is 0 Å². The van der Waals surface area contributed by atoms with E-state index in [9.17, 15) is 4.79 Å². The molecule has 1 fully saturated rings. The first-order chi connectivity index (χ1) is 11.8. The fourth-order valence-electron chi connectivity index (χ4n) is 2.70. The lowest BCUT2D eigenvalue weighted by Gasteiger charge is -2.11. The lowest BCUT2D eigenvalue weighted by Crippen LogP contribution is -2.14. The third-order valence-electron chi connectivity index (χ3n) is 4.15. The van der Waals surface area contributed by atoms with Gasteiger partial charge >= 0.3 is 0 Å². The second-order valence-electron chi connectivity index (χ2n) is 5.89. The van der Waals surface area contributed by atoms with E-state index in [-0.39, 0.29) is 11.8 Å². The molecule has 0 unspecified atom stereocenters. The highest BCUT2D eigenvalue weighted by molar-refractivity contribution is 6.01. The minimum atomic E-state index is 0.0211. The molecule has 2 aromatic heterocycles. The Hall–Kier alpha value is -3.02. The van der Waals surface area contributed by atoms with Gasteiger partial charge < -0.3 is 10.6 Å². The SMILES string of the molecule is CNc1ncc(-c2ccccc2)c2cc(NC(=O)C3CC3)nnc12. The first kappa shape index (κ1) is 14.6. The van der Waals surface area contributed by atoms with Crippen molar-refractivity contribution in [1.29, 1.82) is 0 Å². The molecule has 2 heterocycles. The summed E-state index contributed by atoms with van der Waals surface area (Å²) in [5.74, 6) is 1.29. The van der Waals surface area contributed by atoms with E-state index < -0.39 is 0 Å². The van der Waals surface area contributed by atoms with E-state index in [0.29, 0.717) is 17.2 Å². The summed E-state index contributed by atoms with van der Waals surface area (Å²) >= 11 is 0. The van der Waals surface area contributed by atoms with Crippen LogP contribution >= 0.6 is 0 Å². The summed E-state index contributed by atoms with van der Waals surface area (Å²) < 4.78 is 0. The van der Waals surface area contributed by atoms with Crippen molar-refractivity contribution < 1.29 is 4.79 Å². The smallest absolute Gasteiger partial charge is 0.228 e. The number of aromatic nitrogens is 3. The fourth-order valence-corrected chi connectivity index (χ4v) is 2.70. The predicted molar refractivity (Wildman–Crippen MR) is 93.7 cm³/mol. The molecule has 0 atom stereocenters. The van der Waals surface area contributed by atoms with Gasteiger partial charge in [-0.25, -0.2) is 4.98 Å². The number of fused-ring (bicyclic) bond motifs is 1. The van der Waals surface area contributed by atoms with Crippen molar-refractivity contribution in [2.75, 3.05) is 17.7 Å². The molecule has 1 aromatic carbocycles. The minimum absolute atomic E-state index is 0.0211. The Morgan fingerprint density at radius 1 is 1.17 bits per heavy atom. The summed E-state index contributed by atoms with van der Waals surface area (Å²) in [4.78, 5) is 16.4. The van der Waals surface area contributed by atoms with Crippen molar-refractivity contribution in [2.24, 2.45) is 5.92 Å². The minimum Gasteiger partial charge on any atom is -0.371 e. The van der Waals surface area contributed by atoms with Crippen molar-refractivity contribution in [3.63, 3.8) is 0 Å². The Morgan fingerprint density at radius 3 is 2.67 bits per heavy atom. The van der Waals surface area contributed by atoms with Crippen LogP contribution in [0.4, 0.5) is 11.6 Å². The second-order valence-corrected chi connectivity index (χ2v) is 5.89. The van der Waals surface area contributed by atoms with Gasteiger partial charge in [-0.1, -0.05) is 30.3 Å². The number of carbonyl (C=O) groups excluding carboxylic acids is 1. The summed E-state index contributed by atoms with van der Waals surface area (Å²) in [6, 6.07) is 11.9. The number of pyridine rings is 1. The highest BCUT2D eigenvalue weighted by Crippen LogP contribution is 2.32. The summed E-state index contributed by atoms with van der Waals surface area (Å²) in [6.45, 7) is 0. The van der Waals surface area contributed by atoms with Crippen LogP contribution in [0.5, 0.6) is 0 Å². The molecule has 0 saturated heterocycles. The molecule has 4 rings (SSSR count). The van der Waals surface area contributed by atoms with Gasteiger partial charge in [0.15, 0.2) is 11.6 Å². The van der Waals surface area contributed by atoms with Gasteiger partial charge in [-0.15, -0.1) is 10.2 Å². The average Bonchev–Trinajstić information content (AvgIpc) is 3.46. The number of nitrogens with zero attached hydrogens (tertiary/aromatic N) is 3. The third-order valence-corrected chi connectivity index (χ3v) is 4.15. The first-order valence-corrected chi connectivity index (χ1v) is 7.97. The Bertz CT molecular complexity index is 906. The van der Waals surface area contributed by atoms with Crippen LogP contribution < -0.4 is 10.6 Å². The molecule has 1 aliphatic carbocycles. The van der Waals surface area contributed by atoms with E-state index in [1.165, 1.54) is 0 Å². The monoisotopic (exact) mass is 319 g/mol. The van der Waals surface area contributed by atoms with E-state index in [1.54, 1.807) is 7.05 Å². The number of rotatable bonds is 4. The number of amides is 1. The fraction of sp³-hybridized carbons (Fsp3) is 0.222. The molecule has 3 aromatic rings. The van der Waals surface area contributed by atoms with Gasteiger partial charge in [-0.2, -0.15) is 0 Å². The quantitative estimate of drug-likeness (QED) is 0.772. The summed E-state index contributed by atoms with van der Waals surface area (Å²) in [5, 5.41) is 15.2. The topological polar surface area (TPSA) is 79.8 Å². The third kappa shape index (κ3) is 2.67. The molecule has 1 saturated carbocycles. The Balaban J connectivity index is 1.84. The van der Waals surface area contributed by atoms with Crippen LogP contribution in [0.1, 0.15) is 12.8 Å². The van der Waals surface area contributed by atoms with Gasteiger partial charge in [-0.05, 0) is 24.5 Å². The molecule has 6 heteroatoms. The van der Waals surface area contributed by atoms with Crippen LogP contribution in [0.15, 0.2) is 42.6 Å².